The van der Waals surface area contributed by atoms with Crippen LogP contribution >= 0.6 is 12.4 Å². The molecule has 18 heavy (non-hydrogen) atoms. The van der Waals surface area contributed by atoms with Crippen LogP contribution in [0.5, 0.6) is 0 Å². The molecule has 1 aromatic heterocycles. The number of halogens is 1. The lowest BCUT2D eigenvalue weighted by atomic mass is 10.0. The molecule has 0 spiro atoms. The smallest absolute Gasteiger partial charge is 0.227 e. The van der Waals surface area contributed by atoms with Crippen LogP contribution in [0.1, 0.15) is 24.8 Å². The Morgan fingerprint density at radius 2 is 2.33 bits per heavy atom. The first-order chi connectivity index (χ1) is 8.31. The molecule has 1 fully saturated rings. The van der Waals surface area contributed by atoms with E-state index in [2.05, 4.69) is 4.98 Å². The van der Waals surface area contributed by atoms with Crippen LogP contribution in [-0.2, 0) is 11.2 Å². The van der Waals surface area contributed by atoms with Gasteiger partial charge in [-0.3, -0.25) is 9.78 Å². The molecule has 1 atom stereocenters. The molecule has 0 aromatic carbocycles. The van der Waals surface area contributed by atoms with Crippen LogP contribution in [0.25, 0.3) is 0 Å². The van der Waals surface area contributed by atoms with E-state index in [4.69, 9.17) is 5.73 Å². The molecule has 5 heteroatoms. The predicted octanol–water partition coefficient (Wildman–Crippen LogP) is 1.39. The highest BCUT2D eigenvalue weighted by molar-refractivity contribution is 5.85. The minimum Gasteiger partial charge on any atom is -0.338 e. The normalized spacial score (nSPS) is 19.2. The number of likely N-dealkylation sites (tertiary alicyclic amines) is 1. The van der Waals surface area contributed by atoms with E-state index in [0.29, 0.717) is 13.0 Å². The van der Waals surface area contributed by atoms with Gasteiger partial charge in [-0.1, -0.05) is 6.07 Å². The molecule has 0 saturated carbocycles. The molecule has 0 bridgehead atoms. The minimum absolute atomic E-state index is 0. The second-order valence-corrected chi connectivity index (χ2v) is 4.51. The number of carbonyl (C=O) groups is 1. The third-order valence-corrected chi connectivity index (χ3v) is 3.30. The van der Waals surface area contributed by atoms with Gasteiger partial charge in [-0.15, -0.1) is 12.4 Å². The monoisotopic (exact) mass is 269 g/mol. The fraction of sp³-hybridized carbons (Fsp3) is 0.538. The highest BCUT2D eigenvalue weighted by Crippen LogP contribution is 2.17. The van der Waals surface area contributed by atoms with Crippen molar-refractivity contribution in [2.75, 3.05) is 13.1 Å². The highest BCUT2D eigenvalue weighted by atomic mass is 35.5. The third-order valence-electron chi connectivity index (χ3n) is 3.30. The summed E-state index contributed by atoms with van der Waals surface area (Å²) in [5.74, 6) is 0.174. The topological polar surface area (TPSA) is 59.2 Å². The fourth-order valence-electron chi connectivity index (χ4n) is 2.35. The number of nitrogens with zero attached hydrogens (tertiary/aromatic N) is 2. The molecule has 0 aliphatic carbocycles. The largest absolute Gasteiger partial charge is 0.338 e. The van der Waals surface area contributed by atoms with Crippen molar-refractivity contribution in [3.8, 4) is 0 Å². The number of rotatable bonds is 3. The zero-order valence-corrected chi connectivity index (χ0v) is 11.2. The van der Waals surface area contributed by atoms with E-state index >= 15 is 0 Å². The second kappa shape index (κ2) is 7.34. The van der Waals surface area contributed by atoms with E-state index in [1.807, 2.05) is 17.0 Å². The molecule has 1 aromatic rings. The van der Waals surface area contributed by atoms with E-state index in [0.717, 1.165) is 24.9 Å². The van der Waals surface area contributed by atoms with Gasteiger partial charge in [-0.05, 0) is 30.9 Å². The Kier molecular flexibility index (Phi) is 6.09. The summed E-state index contributed by atoms with van der Waals surface area (Å²) in [4.78, 5) is 18.1. The average molecular weight is 270 g/mol. The maximum absolute atomic E-state index is 12.2. The molecule has 0 radical (unpaired) electrons. The number of amides is 1. The highest BCUT2D eigenvalue weighted by Gasteiger charge is 2.25. The second-order valence-electron chi connectivity index (χ2n) is 4.51. The summed E-state index contributed by atoms with van der Waals surface area (Å²) in [5.41, 5.74) is 6.69. The summed E-state index contributed by atoms with van der Waals surface area (Å²) in [7, 11) is 0. The van der Waals surface area contributed by atoms with Gasteiger partial charge in [-0.2, -0.15) is 0 Å². The van der Waals surface area contributed by atoms with Crippen LogP contribution < -0.4 is 5.73 Å². The van der Waals surface area contributed by atoms with Crippen molar-refractivity contribution in [3.05, 3.63) is 30.1 Å². The van der Waals surface area contributed by atoms with E-state index in [9.17, 15) is 4.79 Å². The van der Waals surface area contributed by atoms with Crippen LogP contribution in [0.15, 0.2) is 24.5 Å². The van der Waals surface area contributed by atoms with E-state index < -0.39 is 0 Å². The lowest BCUT2D eigenvalue weighted by molar-refractivity contribution is -0.133. The number of aromatic nitrogens is 1. The van der Waals surface area contributed by atoms with Crippen LogP contribution in [-0.4, -0.2) is 34.9 Å². The maximum Gasteiger partial charge on any atom is 0.227 e. The van der Waals surface area contributed by atoms with Gasteiger partial charge in [-0.25, -0.2) is 0 Å². The quantitative estimate of drug-likeness (QED) is 0.902. The average Bonchev–Trinajstić information content (AvgIpc) is 2.40. The summed E-state index contributed by atoms with van der Waals surface area (Å²) < 4.78 is 0. The fourth-order valence-corrected chi connectivity index (χ4v) is 2.35. The van der Waals surface area contributed by atoms with Gasteiger partial charge in [0.25, 0.3) is 0 Å². The van der Waals surface area contributed by atoms with Crippen LogP contribution in [0.4, 0.5) is 0 Å². The molecule has 1 saturated heterocycles. The zero-order valence-electron chi connectivity index (χ0n) is 10.4. The Hall–Kier alpha value is -1.13. The van der Waals surface area contributed by atoms with E-state index in [1.165, 1.54) is 6.42 Å². The van der Waals surface area contributed by atoms with Crippen molar-refractivity contribution in [2.24, 2.45) is 5.73 Å². The summed E-state index contributed by atoms with van der Waals surface area (Å²) in [5, 5.41) is 0. The number of pyridine rings is 1. The van der Waals surface area contributed by atoms with Gasteiger partial charge in [0.15, 0.2) is 0 Å². The number of hydrogen-bond acceptors (Lipinski definition) is 3. The summed E-state index contributed by atoms with van der Waals surface area (Å²) in [6.07, 6.45) is 7.21. The van der Waals surface area contributed by atoms with Crippen LogP contribution in [0, 0.1) is 0 Å². The first kappa shape index (κ1) is 14.9. The molecule has 1 amide bonds. The van der Waals surface area contributed by atoms with Crippen LogP contribution in [0.2, 0.25) is 0 Å². The Balaban J connectivity index is 0.00000162. The van der Waals surface area contributed by atoms with E-state index in [-0.39, 0.29) is 24.4 Å². The SMILES string of the molecule is Cl.NCC1CCCCN1C(=O)Cc1cccnc1. The van der Waals surface area contributed by atoms with Gasteiger partial charge in [0.05, 0.1) is 6.42 Å². The number of nitrogens with two attached hydrogens (primary N) is 1. The molecule has 2 rings (SSSR count). The van der Waals surface area contributed by atoms with Gasteiger partial charge in [0.2, 0.25) is 5.91 Å². The molecule has 1 aliphatic rings. The Bertz CT molecular complexity index is 372. The molecule has 2 heterocycles. The lowest BCUT2D eigenvalue weighted by Gasteiger charge is -2.35. The maximum atomic E-state index is 12.2. The molecular weight excluding hydrogens is 250 g/mol. The Morgan fingerprint density at radius 3 is 3.00 bits per heavy atom. The molecular formula is C13H20ClN3O. The number of carbonyl (C=O) groups excluding carboxylic acids is 1. The lowest BCUT2D eigenvalue weighted by Crippen LogP contribution is -2.48. The predicted molar refractivity (Wildman–Crippen MR) is 73.6 cm³/mol. The van der Waals surface area contributed by atoms with Crippen molar-refractivity contribution in [2.45, 2.75) is 31.7 Å². The van der Waals surface area contributed by atoms with Crippen molar-refractivity contribution >= 4 is 18.3 Å². The van der Waals surface area contributed by atoms with Crippen molar-refractivity contribution in [1.82, 2.24) is 9.88 Å². The zero-order chi connectivity index (χ0) is 12.1. The van der Waals surface area contributed by atoms with Crippen LogP contribution in [0.3, 0.4) is 0 Å². The van der Waals surface area contributed by atoms with Gasteiger partial charge in [0, 0.05) is 31.5 Å². The first-order valence-electron chi connectivity index (χ1n) is 6.19. The summed E-state index contributed by atoms with van der Waals surface area (Å²) in [6.45, 7) is 1.42. The number of piperidine rings is 1. The van der Waals surface area contributed by atoms with Crippen molar-refractivity contribution in [3.63, 3.8) is 0 Å². The van der Waals surface area contributed by atoms with Crippen molar-refractivity contribution < 1.29 is 4.79 Å². The van der Waals surface area contributed by atoms with Crippen molar-refractivity contribution in [1.29, 1.82) is 0 Å². The molecule has 1 unspecified atom stereocenters. The van der Waals surface area contributed by atoms with Gasteiger partial charge < -0.3 is 10.6 Å². The standard InChI is InChI=1S/C13H19N3O.ClH/c14-9-12-5-1-2-7-16(12)13(17)8-11-4-3-6-15-10-11;/h3-4,6,10,12H,1-2,5,7-9,14H2;1H. The third kappa shape index (κ3) is 3.68. The molecule has 1 aliphatic heterocycles. The first-order valence-corrected chi connectivity index (χ1v) is 6.19. The van der Waals surface area contributed by atoms with Gasteiger partial charge in [0.1, 0.15) is 0 Å². The molecule has 100 valence electrons. The van der Waals surface area contributed by atoms with Gasteiger partial charge >= 0.3 is 0 Å². The summed E-state index contributed by atoms with van der Waals surface area (Å²) in [6, 6.07) is 4.03. The Morgan fingerprint density at radius 1 is 1.50 bits per heavy atom. The Labute approximate surface area is 114 Å². The molecule has 4 nitrogen and oxygen atoms in total. The minimum atomic E-state index is 0. The van der Waals surface area contributed by atoms with E-state index in [1.54, 1.807) is 12.4 Å². The summed E-state index contributed by atoms with van der Waals surface area (Å²) >= 11 is 0. The number of hydrogen-bond donors (Lipinski definition) is 1. The molecule has 2 N–H and O–H groups in total.